The van der Waals surface area contributed by atoms with Crippen molar-refractivity contribution in [1.82, 2.24) is 0 Å². The van der Waals surface area contributed by atoms with Crippen molar-refractivity contribution in [3.05, 3.63) is 0 Å². The Morgan fingerprint density at radius 3 is 2.00 bits per heavy atom. The van der Waals surface area contributed by atoms with Crippen LogP contribution in [0.4, 0.5) is 0 Å². The molecule has 0 fully saturated rings. The van der Waals surface area contributed by atoms with Gasteiger partial charge in [0.05, 0.1) is 6.07 Å². The second kappa shape index (κ2) is 8.88. The van der Waals surface area contributed by atoms with E-state index < -0.39 is 0 Å². The van der Waals surface area contributed by atoms with Crippen molar-refractivity contribution in [2.45, 2.75) is 0 Å². The van der Waals surface area contributed by atoms with Gasteiger partial charge in [-0.15, -0.1) is 21.6 Å². The summed E-state index contributed by atoms with van der Waals surface area (Å²) in [5.41, 5.74) is 0. The van der Waals surface area contributed by atoms with E-state index in [1.807, 2.05) is 6.07 Å². The van der Waals surface area contributed by atoms with Gasteiger partial charge in [-0.25, -0.2) is 0 Å². The van der Waals surface area contributed by atoms with Gasteiger partial charge in [0.25, 0.3) is 0 Å². The van der Waals surface area contributed by atoms with Crippen molar-refractivity contribution in [3.63, 3.8) is 0 Å². The van der Waals surface area contributed by atoms with Gasteiger partial charge in [-0.3, -0.25) is 0 Å². The highest BCUT2D eigenvalue weighted by molar-refractivity contribution is 7.16. The van der Waals surface area contributed by atoms with Gasteiger partial charge in [0.15, 0.2) is 0 Å². The molecule has 0 saturated carbocycles. The Morgan fingerprint density at radius 1 is 1.80 bits per heavy atom. The van der Waals surface area contributed by atoms with Crippen LogP contribution in [0.2, 0.25) is 0 Å². The summed E-state index contributed by atoms with van der Waals surface area (Å²) in [4.78, 5) is 0. The van der Waals surface area contributed by atoms with Crippen molar-refractivity contribution < 1.29 is 0 Å². The van der Waals surface area contributed by atoms with Crippen molar-refractivity contribution in [2.75, 3.05) is 6.16 Å². The first-order valence-corrected chi connectivity index (χ1v) is 1.80. The molecule has 1 unspecified atom stereocenters. The molecule has 0 aromatic carbocycles. The molecule has 3 heteroatoms. The van der Waals surface area contributed by atoms with Crippen molar-refractivity contribution in [3.8, 4) is 6.07 Å². The monoisotopic (exact) mass is 109 g/mol. The highest BCUT2D eigenvalue weighted by Crippen LogP contribution is 1.69. The van der Waals surface area contributed by atoms with Crippen LogP contribution in [0.15, 0.2) is 0 Å². The second-order valence-electron chi connectivity index (χ2n) is 0.362. The fourth-order valence-corrected chi connectivity index (χ4v) is 0. The third-order valence-corrected chi connectivity index (χ3v) is 0.274. The van der Waals surface area contributed by atoms with Crippen LogP contribution in [-0.2, 0) is 0 Å². The fourth-order valence-electron chi connectivity index (χ4n) is 0. The third-order valence-electron chi connectivity index (χ3n) is 0.0913. The van der Waals surface area contributed by atoms with Crippen LogP contribution in [0.25, 0.3) is 0 Å². The van der Waals surface area contributed by atoms with Gasteiger partial charge in [0.1, 0.15) is 0 Å². The predicted octanol–water partition coefficient (Wildman–Crippen LogP) is 0.807. The van der Waals surface area contributed by atoms with Crippen LogP contribution in [0.3, 0.4) is 0 Å². The smallest absolute Gasteiger partial charge is 0.0663 e. The number of hydrogen-bond donors (Lipinski definition) is 0. The first kappa shape index (κ1) is 8.96. The first-order chi connectivity index (χ1) is 1.91. The van der Waals surface area contributed by atoms with E-state index in [1.54, 1.807) is 0 Å². The number of nitrogens with zero attached hydrogens (tertiary/aromatic N) is 1. The number of rotatable bonds is 0. The van der Waals surface area contributed by atoms with Crippen LogP contribution >= 0.6 is 21.6 Å². The summed E-state index contributed by atoms with van der Waals surface area (Å²) in [5.74, 6) is 0. The van der Waals surface area contributed by atoms with E-state index in [-0.39, 0.29) is 12.4 Å². The van der Waals surface area contributed by atoms with Gasteiger partial charge < -0.3 is 0 Å². The zero-order valence-corrected chi connectivity index (χ0v) is 4.61. The van der Waals surface area contributed by atoms with E-state index in [2.05, 4.69) is 9.24 Å². The minimum absolute atomic E-state index is 0. The predicted molar refractivity (Wildman–Crippen MR) is 27.4 cm³/mol. The van der Waals surface area contributed by atoms with Crippen molar-refractivity contribution in [1.29, 1.82) is 5.26 Å². The second-order valence-corrected chi connectivity index (χ2v) is 0.770. The molecule has 30 valence electrons. The van der Waals surface area contributed by atoms with E-state index in [0.717, 1.165) is 0 Å². The summed E-state index contributed by atoms with van der Waals surface area (Å²) in [6.07, 6.45) is 0.542. The van der Waals surface area contributed by atoms with Crippen LogP contribution in [0, 0.1) is 11.3 Å². The summed E-state index contributed by atoms with van der Waals surface area (Å²) in [6.45, 7) is 0. The van der Waals surface area contributed by atoms with E-state index in [1.165, 1.54) is 0 Å². The van der Waals surface area contributed by atoms with Crippen LogP contribution < -0.4 is 0 Å². The highest BCUT2D eigenvalue weighted by Gasteiger charge is 1.49. The van der Waals surface area contributed by atoms with E-state index >= 15 is 0 Å². The molecule has 0 saturated heterocycles. The Bertz CT molecular complexity index is 39.4. The molecule has 0 aliphatic heterocycles. The third kappa shape index (κ3) is 14.0. The SMILES string of the molecule is Cl.N#CCP. The lowest BCUT2D eigenvalue weighted by Crippen LogP contribution is -1.45. The molecule has 0 aliphatic rings. The minimum Gasteiger partial charge on any atom is -0.198 e. The standard InChI is InChI=1S/C2H4NP.ClH/c3-1-2-4;/h2,4H2;1H. The Hall–Kier alpha value is 0.210. The zero-order chi connectivity index (χ0) is 3.41. The molecule has 0 N–H and O–H groups in total. The summed E-state index contributed by atoms with van der Waals surface area (Å²) < 4.78 is 0. The lowest BCUT2D eigenvalue weighted by molar-refractivity contribution is 1.50. The molecule has 0 rings (SSSR count). The minimum atomic E-state index is 0. The Kier molecular flexibility index (Phi) is 15.9. The molecule has 0 aromatic rings. The molecule has 1 nitrogen and oxygen atoms in total. The topological polar surface area (TPSA) is 23.8 Å². The Morgan fingerprint density at radius 2 is 2.00 bits per heavy atom. The number of hydrogen-bond acceptors (Lipinski definition) is 1. The van der Waals surface area contributed by atoms with E-state index in [4.69, 9.17) is 5.26 Å². The van der Waals surface area contributed by atoms with Gasteiger partial charge in [-0.2, -0.15) is 5.26 Å². The summed E-state index contributed by atoms with van der Waals surface area (Å²) in [5, 5.41) is 7.60. The van der Waals surface area contributed by atoms with Crippen molar-refractivity contribution >= 4 is 21.6 Å². The molecule has 0 amide bonds. The number of halogens is 1. The molecule has 0 aromatic heterocycles. The average Bonchev–Trinajstić information content (AvgIpc) is 1.37. The van der Waals surface area contributed by atoms with E-state index in [9.17, 15) is 0 Å². The van der Waals surface area contributed by atoms with Gasteiger partial charge in [-0.1, -0.05) is 0 Å². The quantitative estimate of drug-likeness (QED) is 0.422. The summed E-state index contributed by atoms with van der Waals surface area (Å²) >= 11 is 0. The lowest BCUT2D eigenvalue weighted by atomic mass is 10.9. The summed E-state index contributed by atoms with van der Waals surface area (Å²) in [7, 11) is 2.29. The van der Waals surface area contributed by atoms with E-state index in [0.29, 0.717) is 6.16 Å². The van der Waals surface area contributed by atoms with Crippen molar-refractivity contribution in [2.24, 2.45) is 0 Å². The molecule has 0 heterocycles. The molecular formula is C2H5ClNP. The Balaban J connectivity index is 0. The van der Waals surface area contributed by atoms with Gasteiger partial charge in [-0.05, 0) is 0 Å². The van der Waals surface area contributed by atoms with Gasteiger partial charge in [0, 0.05) is 6.16 Å². The maximum absolute atomic E-state index is 7.60. The molecule has 0 radical (unpaired) electrons. The highest BCUT2D eigenvalue weighted by atomic mass is 35.5. The maximum Gasteiger partial charge on any atom is 0.0663 e. The van der Waals surface area contributed by atoms with Crippen LogP contribution in [0.5, 0.6) is 0 Å². The molecule has 0 aliphatic carbocycles. The zero-order valence-electron chi connectivity index (χ0n) is 2.64. The average molecular weight is 109 g/mol. The first-order valence-electron chi connectivity index (χ1n) is 0.985. The Labute approximate surface area is 40.0 Å². The molecule has 0 spiro atoms. The molecule has 5 heavy (non-hydrogen) atoms. The maximum atomic E-state index is 7.60. The normalized spacial score (nSPS) is 4.00. The molecule has 1 atom stereocenters. The number of nitriles is 1. The molecule has 0 bridgehead atoms. The fraction of sp³-hybridized carbons (Fsp3) is 0.500. The molecular weight excluding hydrogens is 104 g/mol. The summed E-state index contributed by atoms with van der Waals surface area (Å²) in [6, 6.07) is 1.89. The largest absolute Gasteiger partial charge is 0.198 e. The van der Waals surface area contributed by atoms with Gasteiger partial charge >= 0.3 is 0 Å². The van der Waals surface area contributed by atoms with Gasteiger partial charge in [0.2, 0.25) is 0 Å². The van der Waals surface area contributed by atoms with Crippen LogP contribution in [-0.4, -0.2) is 6.16 Å². The lowest BCUT2D eigenvalue weighted by Gasteiger charge is -1.47. The van der Waals surface area contributed by atoms with Crippen LogP contribution in [0.1, 0.15) is 0 Å².